The van der Waals surface area contributed by atoms with Crippen molar-refractivity contribution in [2.24, 2.45) is 0 Å². The zero-order valence-electron chi connectivity index (χ0n) is 17.3. The highest BCUT2D eigenvalue weighted by atomic mass is 32.2. The maximum Gasteiger partial charge on any atom is 0.207 e. The average molecular weight is 464 g/mol. The number of aromatic nitrogens is 4. The normalized spacial score (nSPS) is 13.9. The van der Waals surface area contributed by atoms with Gasteiger partial charge < -0.3 is 27.4 Å². The summed E-state index contributed by atoms with van der Waals surface area (Å²) >= 11 is 3.40. The Hall–Kier alpha value is -2.70. The maximum atomic E-state index is 5.86. The Balaban J connectivity index is 0.000000330. The molecule has 168 valence electrons. The molecule has 4 rings (SSSR count). The van der Waals surface area contributed by atoms with Gasteiger partial charge >= 0.3 is 0 Å². The summed E-state index contributed by atoms with van der Waals surface area (Å²) in [6.07, 6.45) is 2.47. The number of nitrogens with one attached hydrogen (secondary N) is 1. The SMILES string of the molecule is Nc1ccn(N)n1.Nc1nnc(NCCCOc2cccc(CN3CCSCC3)c2)s1. The molecule has 3 aromatic rings. The van der Waals surface area contributed by atoms with E-state index in [0.717, 1.165) is 35.2 Å². The van der Waals surface area contributed by atoms with Gasteiger partial charge in [-0.15, -0.1) is 15.3 Å². The van der Waals surface area contributed by atoms with Crippen LogP contribution in [0.1, 0.15) is 12.0 Å². The minimum atomic E-state index is 0.447. The van der Waals surface area contributed by atoms with Gasteiger partial charge in [0, 0.05) is 43.8 Å². The number of thioether (sulfide) groups is 1. The van der Waals surface area contributed by atoms with Crippen molar-refractivity contribution in [3.05, 3.63) is 42.1 Å². The average Bonchev–Trinajstić information content (AvgIpc) is 3.36. The third-order valence-electron chi connectivity index (χ3n) is 4.34. The highest BCUT2D eigenvalue weighted by Crippen LogP contribution is 2.18. The van der Waals surface area contributed by atoms with E-state index in [0.29, 0.717) is 17.6 Å². The summed E-state index contributed by atoms with van der Waals surface area (Å²) in [5, 5.41) is 15.7. The maximum absolute atomic E-state index is 5.86. The van der Waals surface area contributed by atoms with E-state index in [1.807, 2.05) is 17.8 Å². The van der Waals surface area contributed by atoms with Gasteiger partial charge in [0.1, 0.15) is 11.6 Å². The molecule has 0 bridgehead atoms. The minimum absolute atomic E-state index is 0.447. The number of nitrogen functional groups attached to an aromatic ring is 3. The molecule has 0 aliphatic carbocycles. The van der Waals surface area contributed by atoms with Gasteiger partial charge in [-0.25, -0.2) is 0 Å². The molecule has 0 unspecified atom stereocenters. The van der Waals surface area contributed by atoms with Crippen LogP contribution in [0.4, 0.5) is 16.1 Å². The van der Waals surface area contributed by atoms with E-state index in [1.54, 1.807) is 12.3 Å². The molecule has 1 aliphatic rings. The number of hydrogen-bond acceptors (Lipinski definition) is 11. The second kappa shape index (κ2) is 12.2. The molecule has 1 fully saturated rings. The van der Waals surface area contributed by atoms with Crippen LogP contribution in [-0.4, -0.2) is 62.7 Å². The zero-order valence-corrected chi connectivity index (χ0v) is 18.9. The van der Waals surface area contributed by atoms with Gasteiger partial charge in [-0.3, -0.25) is 4.90 Å². The monoisotopic (exact) mass is 463 g/mol. The zero-order chi connectivity index (χ0) is 21.9. The van der Waals surface area contributed by atoms with Crippen LogP contribution in [0.5, 0.6) is 5.75 Å². The molecule has 0 amide bonds. The minimum Gasteiger partial charge on any atom is -0.494 e. The number of benzene rings is 1. The van der Waals surface area contributed by atoms with E-state index in [1.165, 1.54) is 41.5 Å². The third-order valence-corrected chi connectivity index (χ3v) is 6.00. The van der Waals surface area contributed by atoms with Gasteiger partial charge in [-0.2, -0.15) is 16.6 Å². The van der Waals surface area contributed by atoms with Crippen LogP contribution in [0.25, 0.3) is 0 Å². The molecule has 7 N–H and O–H groups in total. The topological polar surface area (TPSA) is 146 Å². The van der Waals surface area contributed by atoms with Crippen LogP contribution < -0.4 is 27.4 Å². The molecule has 0 saturated carbocycles. The second-order valence-electron chi connectivity index (χ2n) is 6.83. The Bertz CT molecular complexity index is 895. The largest absolute Gasteiger partial charge is 0.494 e. The van der Waals surface area contributed by atoms with Gasteiger partial charge in [0.2, 0.25) is 10.3 Å². The van der Waals surface area contributed by atoms with Crippen LogP contribution >= 0.6 is 23.1 Å². The van der Waals surface area contributed by atoms with E-state index < -0.39 is 0 Å². The summed E-state index contributed by atoms with van der Waals surface area (Å²) in [6, 6.07) is 10.1. The molecule has 1 aromatic carbocycles. The Morgan fingerprint density at radius 3 is 2.61 bits per heavy atom. The van der Waals surface area contributed by atoms with Crippen molar-refractivity contribution >= 4 is 39.2 Å². The van der Waals surface area contributed by atoms with Crippen LogP contribution in [0.3, 0.4) is 0 Å². The van der Waals surface area contributed by atoms with Gasteiger partial charge in [-0.1, -0.05) is 23.5 Å². The highest BCUT2D eigenvalue weighted by molar-refractivity contribution is 7.99. The molecule has 1 saturated heterocycles. The van der Waals surface area contributed by atoms with Crippen LogP contribution in [0.2, 0.25) is 0 Å². The van der Waals surface area contributed by atoms with Gasteiger partial charge in [0.25, 0.3) is 0 Å². The first-order valence-corrected chi connectivity index (χ1v) is 12.0. The first-order valence-electron chi connectivity index (χ1n) is 9.99. The third kappa shape index (κ3) is 8.52. The van der Waals surface area contributed by atoms with E-state index in [9.17, 15) is 0 Å². The lowest BCUT2D eigenvalue weighted by molar-refractivity contribution is 0.291. The van der Waals surface area contributed by atoms with Crippen molar-refractivity contribution in [1.29, 1.82) is 0 Å². The Morgan fingerprint density at radius 2 is 1.97 bits per heavy atom. The Morgan fingerprint density at radius 1 is 1.13 bits per heavy atom. The van der Waals surface area contributed by atoms with Crippen LogP contribution in [0.15, 0.2) is 36.5 Å². The lowest BCUT2D eigenvalue weighted by atomic mass is 10.2. The quantitative estimate of drug-likeness (QED) is 0.288. The second-order valence-corrected chi connectivity index (χ2v) is 9.06. The van der Waals surface area contributed by atoms with Crippen molar-refractivity contribution in [3.8, 4) is 5.75 Å². The highest BCUT2D eigenvalue weighted by Gasteiger charge is 2.10. The van der Waals surface area contributed by atoms with Gasteiger partial charge in [0.05, 0.1) is 12.8 Å². The van der Waals surface area contributed by atoms with Crippen molar-refractivity contribution in [2.75, 3.05) is 60.4 Å². The number of hydrogen-bond donors (Lipinski definition) is 4. The number of anilines is 3. The lowest BCUT2D eigenvalue weighted by Crippen LogP contribution is -2.31. The fraction of sp³-hybridized carbons (Fsp3) is 0.421. The number of ether oxygens (including phenoxy) is 1. The molecule has 0 atom stereocenters. The number of rotatable bonds is 8. The van der Waals surface area contributed by atoms with E-state index >= 15 is 0 Å². The number of nitrogens with two attached hydrogens (primary N) is 3. The molecular formula is C19H29N9OS2. The van der Waals surface area contributed by atoms with Crippen molar-refractivity contribution in [3.63, 3.8) is 0 Å². The predicted octanol–water partition coefficient (Wildman–Crippen LogP) is 1.73. The summed E-state index contributed by atoms with van der Waals surface area (Å²) < 4.78 is 5.86. The van der Waals surface area contributed by atoms with Gasteiger partial charge in [-0.05, 0) is 24.1 Å². The summed E-state index contributed by atoms with van der Waals surface area (Å²) in [6.45, 7) is 4.83. The molecule has 3 heterocycles. The van der Waals surface area contributed by atoms with Crippen molar-refractivity contribution in [2.45, 2.75) is 13.0 Å². The molecule has 10 nitrogen and oxygen atoms in total. The van der Waals surface area contributed by atoms with Crippen LogP contribution in [-0.2, 0) is 6.54 Å². The fourth-order valence-electron chi connectivity index (χ4n) is 2.87. The van der Waals surface area contributed by atoms with Gasteiger partial charge in [0.15, 0.2) is 0 Å². The van der Waals surface area contributed by atoms with Crippen LogP contribution in [0, 0.1) is 0 Å². The molecule has 0 radical (unpaired) electrons. The summed E-state index contributed by atoms with van der Waals surface area (Å²) in [5.74, 6) is 8.97. The number of nitrogens with zero attached hydrogens (tertiary/aromatic N) is 5. The standard InChI is InChI=1S/C16H23N5OS2.C3H6N4/c17-15-19-20-16(24-15)18-5-2-8-22-14-4-1-3-13(11-14)12-21-6-9-23-10-7-21;4-3-1-2-7(5)6-3/h1,3-4,11H,2,5-10,12H2,(H2,17,19)(H,18,20);1-2H,5H2,(H2,4,6). The molecule has 31 heavy (non-hydrogen) atoms. The molecule has 0 spiro atoms. The summed E-state index contributed by atoms with van der Waals surface area (Å²) in [7, 11) is 0. The first kappa shape index (κ1) is 23.0. The smallest absolute Gasteiger partial charge is 0.207 e. The lowest BCUT2D eigenvalue weighted by Gasteiger charge is -2.26. The Labute approximate surface area is 190 Å². The fourth-order valence-corrected chi connectivity index (χ4v) is 4.38. The summed E-state index contributed by atoms with van der Waals surface area (Å²) in [5.41, 5.74) is 12.0. The molecule has 12 heteroatoms. The summed E-state index contributed by atoms with van der Waals surface area (Å²) in [4.78, 5) is 3.67. The predicted molar refractivity (Wildman–Crippen MR) is 129 cm³/mol. The Kier molecular flexibility index (Phi) is 9.06. The van der Waals surface area contributed by atoms with Crippen molar-refractivity contribution in [1.82, 2.24) is 25.0 Å². The molecule has 1 aliphatic heterocycles. The van der Waals surface area contributed by atoms with E-state index in [4.69, 9.17) is 22.0 Å². The van der Waals surface area contributed by atoms with Crippen molar-refractivity contribution < 1.29 is 4.74 Å². The molecule has 2 aromatic heterocycles. The first-order chi connectivity index (χ1) is 15.1. The van der Waals surface area contributed by atoms with E-state index in [-0.39, 0.29) is 0 Å². The van der Waals surface area contributed by atoms with E-state index in [2.05, 4.69) is 43.7 Å². The molecular weight excluding hydrogens is 434 g/mol.